The van der Waals surface area contributed by atoms with Gasteiger partial charge in [-0.15, -0.1) is 0 Å². The lowest BCUT2D eigenvalue weighted by Gasteiger charge is -2.34. The molecule has 0 spiro atoms. The Kier molecular flexibility index (Phi) is 8.49. The van der Waals surface area contributed by atoms with Crippen LogP contribution < -0.4 is 5.73 Å². The minimum absolute atomic E-state index is 0.0330. The van der Waals surface area contributed by atoms with E-state index in [9.17, 15) is 13.2 Å². The molecule has 2 aromatic rings. The zero-order chi connectivity index (χ0) is 25.9. The van der Waals surface area contributed by atoms with Crippen LogP contribution in [0.1, 0.15) is 19.3 Å². The van der Waals surface area contributed by atoms with Gasteiger partial charge >= 0.3 is 0 Å². The Morgan fingerprint density at radius 2 is 1.92 bits per heavy atom. The first-order valence-corrected chi connectivity index (χ1v) is 14.7. The van der Waals surface area contributed by atoms with Crippen LogP contribution in [0.25, 0.3) is 10.8 Å². The van der Waals surface area contributed by atoms with Gasteiger partial charge < -0.3 is 14.5 Å². The number of hydrogen-bond acceptors (Lipinski definition) is 7. The minimum Gasteiger partial charge on any atom is -0.484 e. The van der Waals surface area contributed by atoms with Crippen LogP contribution in [-0.4, -0.2) is 74.2 Å². The highest BCUT2D eigenvalue weighted by molar-refractivity contribution is 8.14. The van der Waals surface area contributed by atoms with Gasteiger partial charge in [-0.1, -0.05) is 35.5 Å². The van der Waals surface area contributed by atoms with Gasteiger partial charge in [0.15, 0.2) is 15.0 Å². The average molecular weight is 551 g/mol. The van der Waals surface area contributed by atoms with Gasteiger partial charge in [-0.05, 0) is 53.8 Å². The lowest BCUT2D eigenvalue weighted by Crippen LogP contribution is -2.41. The monoisotopic (exact) mass is 550 g/mol. The van der Waals surface area contributed by atoms with Gasteiger partial charge in [0.05, 0.1) is 21.6 Å². The quantitative estimate of drug-likeness (QED) is 0.414. The predicted octanol–water partition coefficient (Wildman–Crippen LogP) is 3.70. The van der Waals surface area contributed by atoms with E-state index in [0.29, 0.717) is 24.0 Å². The second-order valence-corrected chi connectivity index (χ2v) is 12.6. The molecular formula is C25H31ClN4O4S2. The number of halogens is 1. The maximum Gasteiger partial charge on any atom is 0.223 e. The Balaban J connectivity index is 1.34. The van der Waals surface area contributed by atoms with E-state index in [0.717, 1.165) is 34.5 Å². The molecule has 2 aromatic carbocycles. The number of benzene rings is 2. The third kappa shape index (κ3) is 5.82. The molecule has 2 aliphatic rings. The Morgan fingerprint density at radius 1 is 1.22 bits per heavy atom. The van der Waals surface area contributed by atoms with Crippen LogP contribution >= 0.6 is 23.4 Å². The van der Waals surface area contributed by atoms with Gasteiger partial charge in [0.25, 0.3) is 0 Å². The smallest absolute Gasteiger partial charge is 0.223 e. The van der Waals surface area contributed by atoms with Crippen LogP contribution in [0.4, 0.5) is 0 Å². The van der Waals surface area contributed by atoms with Crippen molar-refractivity contribution in [1.82, 2.24) is 9.80 Å². The Labute approximate surface area is 221 Å². The molecule has 2 fully saturated rings. The molecule has 0 aromatic heterocycles. The molecule has 2 N–H and O–H groups in total. The summed E-state index contributed by atoms with van der Waals surface area (Å²) in [5.74, 6) is 0.00959. The molecule has 0 bridgehead atoms. The zero-order valence-corrected chi connectivity index (χ0v) is 22.8. The van der Waals surface area contributed by atoms with E-state index in [1.807, 2.05) is 11.9 Å². The molecule has 0 saturated carbocycles. The van der Waals surface area contributed by atoms with Crippen LogP contribution in [0, 0.1) is 5.92 Å². The SMILES string of the molecule is CN=C1SC(C2CCN(C(=O)CCS(=O)(=O)c3ccc4cc(Cl)ccc4c3)CC2)C(=COCN)N1C. The van der Waals surface area contributed by atoms with Crippen LogP contribution in [0.2, 0.25) is 5.02 Å². The highest BCUT2D eigenvalue weighted by Crippen LogP contribution is 2.41. The summed E-state index contributed by atoms with van der Waals surface area (Å²) in [5, 5.41) is 3.37. The van der Waals surface area contributed by atoms with Crippen molar-refractivity contribution in [2.45, 2.75) is 29.4 Å². The molecule has 2 saturated heterocycles. The number of carbonyl (C=O) groups is 1. The predicted molar refractivity (Wildman–Crippen MR) is 146 cm³/mol. The number of nitrogens with zero attached hydrogens (tertiary/aromatic N) is 3. The third-order valence-corrected chi connectivity index (χ3v) is 10.2. The number of aliphatic imine (C=N–C) groups is 1. The first-order valence-electron chi connectivity index (χ1n) is 11.8. The number of likely N-dealkylation sites (tertiary alicyclic amines) is 1. The lowest BCUT2D eigenvalue weighted by molar-refractivity contribution is -0.132. The van der Waals surface area contributed by atoms with Gasteiger partial charge in [0, 0.05) is 38.6 Å². The molecule has 1 unspecified atom stereocenters. The van der Waals surface area contributed by atoms with Crippen LogP contribution in [0.5, 0.6) is 0 Å². The summed E-state index contributed by atoms with van der Waals surface area (Å²) in [6, 6.07) is 10.3. The zero-order valence-electron chi connectivity index (χ0n) is 20.4. The molecular weight excluding hydrogens is 520 g/mol. The lowest BCUT2D eigenvalue weighted by atomic mass is 9.91. The number of carbonyl (C=O) groups excluding carboxylic acids is 1. The summed E-state index contributed by atoms with van der Waals surface area (Å²) in [6.07, 6.45) is 3.33. The average Bonchev–Trinajstić information content (AvgIpc) is 3.20. The fourth-order valence-corrected chi connectivity index (χ4v) is 7.55. The molecule has 11 heteroatoms. The highest BCUT2D eigenvalue weighted by Gasteiger charge is 2.39. The van der Waals surface area contributed by atoms with Crippen molar-refractivity contribution in [3.8, 4) is 0 Å². The summed E-state index contributed by atoms with van der Waals surface area (Å²) in [7, 11) is 0.148. The van der Waals surface area contributed by atoms with Crippen molar-refractivity contribution >= 4 is 55.0 Å². The van der Waals surface area contributed by atoms with Gasteiger partial charge in [0.1, 0.15) is 13.0 Å². The second-order valence-electron chi connectivity index (χ2n) is 8.92. The normalized spacial score (nSPS) is 21.6. The van der Waals surface area contributed by atoms with E-state index < -0.39 is 9.84 Å². The Bertz CT molecular complexity index is 1290. The topological polar surface area (TPSA) is 105 Å². The number of hydrogen-bond donors (Lipinski definition) is 1. The van der Waals surface area contributed by atoms with Crippen molar-refractivity contribution < 1.29 is 17.9 Å². The van der Waals surface area contributed by atoms with E-state index in [2.05, 4.69) is 4.99 Å². The standard InChI is InChI=1S/C25H31ClN4O4S2/c1-28-25-29(2)22(15-34-16-27)24(35-25)17-7-10-30(11-8-17)23(31)9-12-36(32,33)21-6-4-18-13-20(26)5-3-19(18)14-21/h3-6,13-15,17,24H,7-12,16,27H2,1-2H3. The second kappa shape index (κ2) is 11.4. The molecule has 0 radical (unpaired) electrons. The molecule has 194 valence electrons. The summed E-state index contributed by atoms with van der Waals surface area (Å²) < 4.78 is 31.2. The summed E-state index contributed by atoms with van der Waals surface area (Å²) in [5.41, 5.74) is 6.53. The molecule has 2 heterocycles. The molecule has 36 heavy (non-hydrogen) atoms. The van der Waals surface area contributed by atoms with Crippen molar-refractivity contribution in [3.63, 3.8) is 0 Å². The molecule has 8 nitrogen and oxygen atoms in total. The number of sulfone groups is 1. The number of nitrogens with two attached hydrogens (primary N) is 1. The molecule has 2 aliphatic heterocycles. The van der Waals surface area contributed by atoms with Crippen molar-refractivity contribution in [2.24, 2.45) is 16.6 Å². The van der Waals surface area contributed by atoms with Crippen LogP contribution in [0.15, 0.2) is 58.2 Å². The fourth-order valence-electron chi connectivity index (χ4n) is 4.71. The Hall–Kier alpha value is -2.27. The minimum atomic E-state index is -3.58. The van der Waals surface area contributed by atoms with E-state index >= 15 is 0 Å². The first-order chi connectivity index (χ1) is 17.2. The largest absolute Gasteiger partial charge is 0.484 e. The van der Waals surface area contributed by atoms with Gasteiger partial charge in [-0.25, -0.2) is 8.42 Å². The number of fused-ring (bicyclic) bond motifs is 1. The molecule has 4 rings (SSSR count). The number of rotatable bonds is 7. The fraction of sp³-hybridized carbons (Fsp3) is 0.440. The van der Waals surface area contributed by atoms with E-state index in [1.54, 1.807) is 66.4 Å². The maximum atomic E-state index is 12.9. The summed E-state index contributed by atoms with van der Waals surface area (Å²) in [4.78, 5) is 21.3. The van der Waals surface area contributed by atoms with Crippen molar-refractivity contribution in [1.29, 1.82) is 0 Å². The van der Waals surface area contributed by atoms with Crippen LogP contribution in [0.3, 0.4) is 0 Å². The maximum absolute atomic E-state index is 12.9. The molecule has 1 atom stereocenters. The number of thioether (sulfide) groups is 1. The van der Waals surface area contributed by atoms with Crippen LogP contribution in [-0.2, 0) is 19.4 Å². The van der Waals surface area contributed by atoms with E-state index in [-0.39, 0.29) is 35.0 Å². The third-order valence-electron chi connectivity index (χ3n) is 6.73. The first kappa shape index (κ1) is 26.8. The molecule has 1 amide bonds. The number of ether oxygens (including phenoxy) is 1. The highest BCUT2D eigenvalue weighted by atomic mass is 35.5. The van der Waals surface area contributed by atoms with Crippen molar-refractivity contribution in [3.05, 3.63) is 53.4 Å². The Morgan fingerprint density at radius 3 is 2.61 bits per heavy atom. The van der Waals surface area contributed by atoms with Gasteiger partial charge in [-0.2, -0.15) is 0 Å². The number of amides is 1. The van der Waals surface area contributed by atoms with E-state index in [4.69, 9.17) is 22.1 Å². The molecule has 0 aliphatic carbocycles. The van der Waals surface area contributed by atoms with Gasteiger partial charge in [0.2, 0.25) is 5.91 Å². The van der Waals surface area contributed by atoms with E-state index in [1.165, 1.54) is 0 Å². The summed E-state index contributed by atoms with van der Waals surface area (Å²) in [6.45, 7) is 1.31. The van der Waals surface area contributed by atoms with Gasteiger partial charge in [-0.3, -0.25) is 15.5 Å². The summed E-state index contributed by atoms with van der Waals surface area (Å²) >= 11 is 7.72. The van der Waals surface area contributed by atoms with Crippen molar-refractivity contribution in [2.75, 3.05) is 39.7 Å². The number of piperidine rings is 1. The number of amidine groups is 1.